The number of rotatable bonds is 6. The van der Waals surface area contributed by atoms with Gasteiger partial charge in [0.15, 0.2) is 0 Å². The van der Waals surface area contributed by atoms with Gasteiger partial charge in [0.25, 0.3) is 5.56 Å². The minimum atomic E-state index is -0.0335. The van der Waals surface area contributed by atoms with Crippen LogP contribution in [0.2, 0.25) is 0 Å². The van der Waals surface area contributed by atoms with Crippen molar-refractivity contribution in [3.63, 3.8) is 0 Å². The Balaban J connectivity index is 1.26. The molecule has 0 spiro atoms. The molecule has 2 aliphatic rings. The van der Waals surface area contributed by atoms with Gasteiger partial charge < -0.3 is 15.1 Å². The van der Waals surface area contributed by atoms with Crippen LogP contribution in [-0.4, -0.2) is 59.6 Å². The second kappa shape index (κ2) is 10.1. The van der Waals surface area contributed by atoms with Gasteiger partial charge in [0, 0.05) is 32.1 Å². The zero-order chi connectivity index (χ0) is 22.6. The highest BCUT2D eigenvalue weighted by atomic mass is 32.1. The minimum Gasteiger partial charge on any atom is -0.355 e. The van der Waals surface area contributed by atoms with Crippen LogP contribution in [-0.2, 0) is 4.79 Å². The standard InChI is InChI=1S/C25H31N5O2S/c31-23(26-12-17-28-13-5-2-6-14-28)19-9-15-29(16-10-19)25-27-21-11-18-33-22(21)24(32)30(25)20-7-3-1-4-8-20/h1,3-4,7-8,11,18-19H,2,5-6,9-10,12-17H2,(H,26,31). The highest BCUT2D eigenvalue weighted by molar-refractivity contribution is 7.17. The van der Waals surface area contributed by atoms with E-state index in [1.54, 1.807) is 4.57 Å². The quantitative estimate of drug-likeness (QED) is 0.605. The summed E-state index contributed by atoms with van der Waals surface area (Å²) in [6.07, 6.45) is 5.40. The average Bonchev–Trinajstić information content (AvgIpc) is 3.34. The number of anilines is 1. The van der Waals surface area contributed by atoms with Crippen molar-refractivity contribution in [2.75, 3.05) is 44.2 Å². The molecule has 2 aliphatic heterocycles. The smallest absolute Gasteiger partial charge is 0.277 e. The topological polar surface area (TPSA) is 70.5 Å². The van der Waals surface area contributed by atoms with Crippen LogP contribution in [0.5, 0.6) is 0 Å². The number of hydrogen-bond donors (Lipinski definition) is 1. The van der Waals surface area contributed by atoms with Gasteiger partial charge in [-0.25, -0.2) is 9.55 Å². The molecule has 2 saturated heterocycles. The lowest BCUT2D eigenvalue weighted by molar-refractivity contribution is -0.125. The molecule has 1 amide bonds. The first-order valence-electron chi connectivity index (χ1n) is 12.0. The van der Waals surface area contributed by atoms with Crippen molar-refractivity contribution < 1.29 is 4.79 Å². The van der Waals surface area contributed by atoms with Gasteiger partial charge >= 0.3 is 0 Å². The molecule has 1 aromatic carbocycles. The molecule has 0 saturated carbocycles. The van der Waals surface area contributed by atoms with Gasteiger partial charge in [0.2, 0.25) is 11.9 Å². The van der Waals surface area contributed by atoms with E-state index >= 15 is 0 Å². The van der Waals surface area contributed by atoms with Crippen molar-refractivity contribution in [2.45, 2.75) is 32.1 Å². The molecule has 0 unspecified atom stereocenters. The summed E-state index contributed by atoms with van der Waals surface area (Å²) in [5.41, 5.74) is 1.52. The maximum atomic E-state index is 13.3. The SMILES string of the molecule is O=C(NCCN1CCCCC1)C1CCN(c2nc3ccsc3c(=O)n2-c2ccccc2)CC1. The van der Waals surface area contributed by atoms with Crippen LogP contribution in [0.1, 0.15) is 32.1 Å². The molecular weight excluding hydrogens is 434 g/mol. The lowest BCUT2D eigenvalue weighted by Crippen LogP contribution is -2.44. The van der Waals surface area contributed by atoms with Crippen LogP contribution in [0.3, 0.4) is 0 Å². The largest absolute Gasteiger partial charge is 0.355 e. The van der Waals surface area contributed by atoms with Crippen LogP contribution in [0.4, 0.5) is 5.95 Å². The fraction of sp³-hybridized carbons (Fsp3) is 0.480. The van der Waals surface area contributed by atoms with Gasteiger partial charge in [-0.2, -0.15) is 0 Å². The Kier molecular flexibility index (Phi) is 6.73. The molecule has 7 nitrogen and oxygen atoms in total. The summed E-state index contributed by atoms with van der Waals surface area (Å²) in [4.78, 5) is 35.5. The number of aromatic nitrogens is 2. The summed E-state index contributed by atoms with van der Waals surface area (Å²) in [5.74, 6) is 0.846. The van der Waals surface area contributed by atoms with Gasteiger partial charge in [-0.3, -0.25) is 9.59 Å². The number of carbonyl (C=O) groups is 1. The van der Waals surface area contributed by atoms with Gasteiger partial charge in [-0.05, 0) is 62.4 Å². The fourth-order valence-electron chi connectivity index (χ4n) is 4.93. The Morgan fingerprint density at radius 2 is 1.79 bits per heavy atom. The number of benzene rings is 1. The first-order chi connectivity index (χ1) is 16.2. The molecule has 33 heavy (non-hydrogen) atoms. The summed E-state index contributed by atoms with van der Waals surface area (Å²) in [6, 6.07) is 11.6. The summed E-state index contributed by atoms with van der Waals surface area (Å²) in [5, 5.41) is 5.07. The van der Waals surface area contributed by atoms with E-state index in [2.05, 4.69) is 15.1 Å². The lowest BCUT2D eigenvalue weighted by atomic mass is 9.96. The Hall–Kier alpha value is -2.71. The third kappa shape index (κ3) is 4.82. The summed E-state index contributed by atoms with van der Waals surface area (Å²) in [7, 11) is 0. The Morgan fingerprint density at radius 3 is 2.55 bits per heavy atom. The van der Waals surface area contributed by atoms with E-state index in [9.17, 15) is 9.59 Å². The van der Waals surface area contributed by atoms with E-state index < -0.39 is 0 Å². The molecule has 4 heterocycles. The average molecular weight is 466 g/mol. The monoisotopic (exact) mass is 465 g/mol. The highest BCUT2D eigenvalue weighted by Gasteiger charge is 2.28. The first-order valence-corrected chi connectivity index (χ1v) is 12.9. The number of likely N-dealkylation sites (tertiary alicyclic amines) is 1. The second-order valence-corrected chi connectivity index (χ2v) is 9.89. The van der Waals surface area contributed by atoms with E-state index in [-0.39, 0.29) is 17.4 Å². The fourth-order valence-corrected chi connectivity index (χ4v) is 5.69. The van der Waals surface area contributed by atoms with Crippen molar-refractivity contribution in [3.8, 4) is 5.69 Å². The molecule has 0 radical (unpaired) electrons. The molecule has 8 heteroatoms. The number of hydrogen-bond acceptors (Lipinski definition) is 6. The number of para-hydroxylation sites is 1. The second-order valence-electron chi connectivity index (χ2n) is 8.98. The molecule has 0 aliphatic carbocycles. The molecule has 2 fully saturated rings. The van der Waals surface area contributed by atoms with Crippen molar-refractivity contribution in [2.24, 2.45) is 5.92 Å². The molecule has 0 atom stereocenters. The maximum Gasteiger partial charge on any atom is 0.277 e. The molecule has 174 valence electrons. The predicted molar refractivity (Wildman–Crippen MR) is 133 cm³/mol. The van der Waals surface area contributed by atoms with E-state index in [1.807, 2.05) is 41.8 Å². The minimum absolute atomic E-state index is 0.0179. The van der Waals surface area contributed by atoms with Crippen LogP contribution >= 0.6 is 11.3 Å². The first kappa shape index (κ1) is 22.1. The molecule has 0 bridgehead atoms. The van der Waals surface area contributed by atoms with Crippen LogP contribution < -0.4 is 15.8 Å². The zero-order valence-electron chi connectivity index (χ0n) is 18.9. The number of nitrogens with one attached hydrogen (secondary N) is 1. The predicted octanol–water partition coefficient (Wildman–Crippen LogP) is 3.27. The number of fused-ring (bicyclic) bond motifs is 1. The normalized spacial score (nSPS) is 18.0. The third-order valence-corrected chi connectivity index (χ3v) is 7.69. The summed E-state index contributed by atoms with van der Waals surface area (Å²) >= 11 is 1.43. The van der Waals surface area contributed by atoms with Gasteiger partial charge in [-0.1, -0.05) is 24.6 Å². The highest BCUT2D eigenvalue weighted by Crippen LogP contribution is 2.26. The van der Waals surface area contributed by atoms with E-state index in [4.69, 9.17) is 4.98 Å². The summed E-state index contributed by atoms with van der Waals surface area (Å²) < 4.78 is 2.39. The van der Waals surface area contributed by atoms with E-state index in [0.29, 0.717) is 23.7 Å². The van der Waals surface area contributed by atoms with Crippen molar-refractivity contribution in [3.05, 3.63) is 52.1 Å². The number of amides is 1. The number of thiophene rings is 1. The van der Waals surface area contributed by atoms with Gasteiger partial charge in [0.05, 0.1) is 11.2 Å². The molecular formula is C25H31N5O2S. The van der Waals surface area contributed by atoms with Gasteiger partial charge in [-0.15, -0.1) is 11.3 Å². The summed E-state index contributed by atoms with van der Waals surface area (Å²) in [6.45, 7) is 5.39. The van der Waals surface area contributed by atoms with Crippen molar-refractivity contribution in [1.29, 1.82) is 0 Å². The number of piperidine rings is 2. The van der Waals surface area contributed by atoms with Crippen molar-refractivity contribution in [1.82, 2.24) is 19.8 Å². The van der Waals surface area contributed by atoms with Gasteiger partial charge in [0.1, 0.15) is 4.70 Å². The number of carbonyl (C=O) groups excluding carboxylic acids is 1. The van der Waals surface area contributed by atoms with E-state index in [0.717, 1.165) is 50.2 Å². The molecule has 5 rings (SSSR count). The molecule has 3 aromatic rings. The van der Waals surface area contributed by atoms with Crippen LogP contribution in [0.15, 0.2) is 46.6 Å². The molecule has 1 N–H and O–H groups in total. The Labute approximate surface area is 198 Å². The Bertz CT molecular complexity index is 1140. The lowest BCUT2D eigenvalue weighted by Gasteiger charge is -2.33. The third-order valence-electron chi connectivity index (χ3n) is 6.80. The van der Waals surface area contributed by atoms with Crippen molar-refractivity contribution >= 4 is 33.4 Å². The van der Waals surface area contributed by atoms with Crippen LogP contribution in [0.25, 0.3) is 15.9 Å². The van der Waals surface area contributed by atoms with Crippen LogP contribution in [0, 0.1) is 5.92 Å². The maximum absolute atomic E-state index is 13.3. The number of nitrogens with zero attached hydrogens (tertiary/aromatic N) is 4. The molecule has 2 aromatic heterocycles. The van der Waals surface area contributed by atoms with E-state index in [1.165, 1.54) is 30.6 Å². The zero-order valence-corrected chi connectivity index (χ0v) is 19.7. The Morgan fingerprint density at radius 1 is 1.03 bits per heavy atom.